The Balaban J connectivity index is 1.70. The molecule has 1 aliphatic heterocycles. The lowest BCUT2D eigenvalue weighted by Gasteiger charge is -2.34. The maximum Gasteiger partial charge on any atom is 0.0350 e. The van der Waals surface area contributed by atoms with E-state index in [1.165, 1.54) is 45.1 Å². The first-order chi connectivity index (χ1) is 7.88. The molecule has 90 valence electrons. The van der Waals surface area contributed by atoms with Gasteiger partial charge in [0.2, 0.25) is 0 Å². The molecule has 2 saturated carbocycles. The van der Waals surface area contributed by atoms with Gasteiger partial charge < -0.3 is 10.6 Å². The number of nitrogens with zero attached hydrogens (tertiary/aromatic N) is 1. The van der Waals surface area contributed by atoms with E-state index in [-0.39, 0.29) is 0 Å². The van der Waals surface area contributed by atoms with E-state index in [1.807, 2.05) is 0 Å². The normalized spacial score (nSPS) is 33.8. The second-order valence-electron chi connectivity index (χ2n) is 5.84. The minimum Gasteiger partial charge on any atom is -0.374 e. The van der Waals surface area contributed by atoms with Gasteiger partial charge in [0.05, 0.1) is 0 Å². The Bertz CT molecular complexity index is 280. The van der Waals surface area contributed by atoms with Crippen molar-refractivity contribution in [2.75, 3.05) is 13.1 Å². The van der Waals surface area contributed by atoms with Crippen LogP contribution in [0.3, 0.4) is 0 Å². The summed E-state index contributed by atoms with van der Waals surface area (Å²) in [6.07, 6.45) is 12.2. The van der Waals surface area contributed by atoms with Crippen LogP contribution in [-0.4, -0.2) is 24.0 Å². The monoisotopic (exact) mass is 220 g/mol. The molecular formula is C14H24N2. The third-order valence-electron chi connectivity index (χ3n) is 4.56. The number of nitrogens with two attached hydrogens (primary N) is 1. The molecule has 0 bridgehead atoms. The zero-order valence-corrected chi connectivity index (χ0v) is 10.2. The quantitative estimate of drug-likeness (QED) is 0.789. The largest absolute Gasteiger partial charge is 0.374 e. The van der Waals surface area contributed by atoms with E-state index in [9.17, 15) is 0 Å². The lowest BCUT2D eigenvalue weighted by Crippen LogP contribution is -2.35. The van der Waals surface area contributed by atoms with Gasteiger partial charge in [0, 0.05) is 18.5 Å². The Kier molecular flexibility index (Phi) is 2.93. The SMILES string of the molecule is NCCC1=CN(CC2CC2)C2CCCC[C@@H]12. The van der Waals surface area contributed by atoms with Crippen molar-refractivity contribution in [2.24, 2.45) is 17.6 Å². The molecule has 0 radical (unpaired) electrons. The van der Waals surface area contributed by atoms with Gasteiger partial charge in [-0.25, -0.2) is 0 Å². The van der Waals surface area contributed by atoms with Crippen LogP contribution in [-0.2, 0) is 0 Å². The van der Waals surface area contributed by atoms with Crippen LogP contribution >= 0.6 is 0 Å². The molecule has 2 heteroatoms. The number of hydrogen-bond donors (Lipinski definition) is 1. The van der Waals surface area contributed by atoms with Crippen LogP contribution in [0, 0.1) is 11.8 Å². The van der Waals surface area contributed by atoms with Crippen molar-refractivity contribution < 1.29 is 0 Å². The smallest absolute Gasteiger partial charge is 0.0350 e. The Morgan fingerprint density at radius 2 is 2.00 bits per heavy atom. The molecule has 0 aromatic rings. The fourth-order valence-electron chi connectivity index (χ4n) is 3.55. The molecule has 1 unspecified atom stereocenters. The lowest BCUT2D eigenvalue weighted by molar-refractivity contribution is 0.193. The Morgan fingerprint density at radius 3 is 2.75 bits per heavy atom. The van der Waals surface area contributed by atoms with Gasteiger partial charge >= 0.3 is 0 Å². The molecule has 2 N–H and O–H groups in total. The molecule has 2 nitrogen and oxygen atoms in total. The van der Waals surface area contributed by atoms with Crippen LogP contribution in [0.4, 0.5) is 0 Å². The first-order valence-electron chi connectivity index (χ1n) is 7.05. The molecule has 2 aliphatic carbocycles. The summed E-state index contributed by atoms with van der Waals surface area (Å²) in [6, 6.07) is 0.843. The van der Waals surface area contributed by atoms with Crippen LogP contribution in [0.25, 0.3) is 0 Å². The third-order valence-corrected chi connectivity index (χ3v) is 4.56. The second-order valence-corrected chi connectivity index (χ2v) is 5.84. The summed E-state index contributed by atoms with van der Waals surface area (Å²) < 4.78 is 0. The van der Waals surface area contributed by atoms with E-state index in [0.717, 1.165) is 30.8 Å². The summed E-state index contributed by atoms with van der Waals surface area (Å²) in [4.78, 5) is 2.67. The third kappa shape index (κ3) is 2.00. The van der Waals surface area contributed by atoms with Gasteiger partial charge in [0.1, 0.15) is 0 Å². The second kappa shape index (κ2) is 4.40. The molecule has 0 spiro atoms. The van der Waals surface area contributed by atoms with E-state index in [2.05, 4.69) is 11.1 Å². The van der Waals surface area contributed by atoms with Gasteiger partial charge in [-0.1, -0.05) is 12.8 Å². The number of fused-ring (bicyclic) bond motifs is 1. The van der Waals surface area contributed by atoms with Crippen molar-refractivity contribution in [3.63, 3.8) is 0 Å². The van der Waals surface area contributed by atoms with Crippen LogP contribution in [0.2, 0.25) is 0 Å². The maximum absolute atomic E-state index is 5.73. The highest BCUT2D eigenvalue weighted by atomic mass is 15.2. The van der Waals surface area contributed by atoms with Crippen molar-refractivity contribution in [1.29, 1.82) is 0 Å². The molecule has 0 saturated heterocycles. The van der Waals surface area contributed by atoms with Crippen LogP contribution in [0.5, 0.6) is 0 Å². The van der Waals surface area contributed by atoms with Crippen LogP contribution in [0.15, 0.2) is 11.8 Å². The van der Waals surface area contributed by atoms with Crippen LogP contribution < -0.4 is 5.73 Å². The van der Waals surface area contributed by atoms with Gasteiger partial charge in [0.15, 0.2) is 0 Å². The van der Waals surface area contributed by atoms with Crippen LogP contribution in [0.1, 0.15) is 44.9 Å². The molecule has 3 aliphatic rings. The topological polar surface area (TPSA) is 29.3 Å². The Hall–Kier alpha value is -0.500. The highest BCUT2D eigenvalue weighted by Crippen LogP contribution is 2.42. The molecule has 1 heterocycles. The van der Waals surface area contributed by atoms with Gasteiger partial charge in [-0.15, -0.1) is 0 Å². The predicted octanol–water partition coefficient (Wildman–Crippen LogP) is 2.50. The molecule has 3 rings (SSSR count). The first-order valence-corrected chi connectivity index (χ1v) is 7.05. The average molecular weight is 220 g/mol. The summed E-state index contributed by atoms with van der Waals surface area (Å²) in [6.45, 7) is 2.15. The predicted molar refractivity (Wildman–Crippen MR) is 66.9 cm³/mol. The highest BCUT2D eigenvalue weighted by Gasteiger charge is 2.38. The molecule has 2 atom stereocenters. The standard InChI is InChI=1S/C14H24N2/c15-8-7-12-10-16(9-11-5-6-11)14-4-2-1-3-13(12)14/h10-11,13-14H,1-9,15H2/t13-,14?/m0/s1. The molecule has 0 aromatic carbocycles. The molecule has 0 amide bonds. The fraction of sp³-hybridized carbons (Fsp3) is 0.857. The van der Waals surface area contributed by atoms with Gasteiger partial charge in [-0.3, -0.25) is 0 Å². The fourth-order valence-corrected chi connectivity index (χ4v) is 3.55. The lowest BCUT2D eigenvalue weighted by atomic mass is 9.81. The Labute approximate surface area is 98.9 Å². The van der Waals surface area contributed by atoms with E-state index in [1.54, 1.807) is 5.57 Å². The Morgan fingerprint density at radius 1 is 1.19 bits per heavy atom. The van der Waals surface area contributed by atoms with E-state index < -0.39 is 0 Å². The summed E-state index contributed by atoms with van der Waals surface area (Å²) in [5.74, 6) is 1.87. The van der Waals surface area contributed by atoms with Crippen molar-refractivity contribution in [3.8, 4) is 0 Å². The summed E-state index contributed by atoms with van der Waals surface area (Å²) in [5, 5.41) is 0. The zero-order valence-electron chi connectivity index (χ0n) is 10.2. The van der Waals surface area contributed by atoms with E-state index >= 15 is 0 Å². The van der Waals surface area contributed by atoms with Crippen molar-refractivity contribution >= 4 is 0 Å². The van der Waals surface area contributed by atoms with Gasteiger partial charge in [-0.05, 0) is 56.3 Å². The molecule has 0 aromatic heterocycles. The number of hydrogen-bond acceptors (Lipinski definition) is 2. The van der Waals surface area contributed by atoms with E-state index in [0.29, 0.717) is 0 Å². The van der Waals surface area contributed by atoms with Crippen molar-refractivity contribution in [3.05, 3.63) is 11.8 Å². The highest BCUT2D eigenvalue weighted by molar-refractivity contribution is 5.18. The summed E-state index contributed by atoms with van der Waals surface area (Å²) in [5.41, 5.74) is 7.39. The minimum atomic E-state index is 0.826. The summed E-state index contributed by atoms with van der Waals surface area (Å²) in [7, 11) is 0. The van der Waals surface area contributed by atoms with Crippen molar-refractivity contribution in [2.45, 2.75) is 51.0 Å². The maximum atomic E-state index is 5.73. The average Bonchev–Trinajstić information content (AvgIpc) is 3.05. The van der Waals surface area contributed by atoms with Crippen molar-refractivity contribution in [1.82, 2.24) is 4.90 Å². The van der Waals surface area contributed by atoms with E-state index in [4.69, 9.17) is 5.73 Å². The molecule has 16 heavy (non-hydrogen) atoms. The minimum absolute atomic E-state index is 0.826. The number of rotatable bonds is 4. The molecule has 2 fully saturated rings. The van der Waals surface area contributed by atoms with Gasteiger partial charge in [0.25, 0.3) is 0 Å². The first kappa shape index (κ1) is 10.6. The molecular weight excluding hydrogens is 196 g/mol. The zero-order chi connectivity index (χ0) is 11.0. The van der Waals surface area contributed by atoms with Gasteiger partial charge in [-0.2, -0.15) is 0 Å². The summed E-state index contributed by atoms with van der Waals surface area (Å²) >= 11 is 0.